The van der Waals surface area contributed by atoms with Crippen molar-refractivity contribution in [2.24, 2.45) is 5.92 Å². The van der Waals surface area contributed by atoms with Gasteiger partial charge in [0, 0.05) is 30.2 Å². The van der Waals surface area contributed by atoms with Crippen LogP contribution in [0, 0.1) is 17.6 Å². The maximum Gasteiger partial charge on any atom is 0.197 e. The third-order valence-corrected chi connectivity index (χ3v) is 6.77. The van der Waals surface area contributed by atoms with Crippen molar-refractivity contribution in [2.45, 2.75) is 19.4 Å². The lowest BCUT2D eigenvalue weighted by molar-refractivity contribution is 0.0828. The Morgan fingerprint density at radius 3 is 2.38 bits per heavy atom. The van der Waals surface area contributed by atoms with Crippen LogP contribution >= 0.6 is 0 Å². The molecule has 1 fully saturated rings. The molecule has 5 rings (SSSR count). The van der Waals surface area contributed by atoms with E-state index in [1.54, 1.807) is 12.1 Å². The summed E-state index contributed by atoms with van der Waals surface area (Å²) in [5.41, 5.74) is 0.0998. The molecule has 3 N–H and O–H groups in total. The lowest BCUT2D eigenvalue weighted by Gasteiger charge is -2.31. The molecule has 0 unspecified atom stereocenters. The summed E-state index contributed by atoms with van der Waals surface area (Å²) in [5.74, 6) is -3.55. The quantitative estimate of drug-likeness (QED) is 0.328. The lowest BCUT2D eigenvalue weighted by Crippen LogP contribution is -2.36. The minimum absolute atomic E-state index is 0.0353. The van der Waals surface area contributed by atoms with Crippen LogP contribution in [0.5, 0.6) is 17.2 Å². The van der Waals surface area contributed by atoms with Gasteiger partial charge in [0.15, 0.2) is 28.4 Å². The second-order valence-electron chi connectivity index (χ2n) is 9.14. The number of fused-ring (bicyclic) bond motifs is 1. The second-order valence-corrected chi connectivity index (χ2v) is 9.14. The van der Waals surface area contributed by atoms with Crippen LogP contribution in [0.1, 0.15) is 28.8 Å². The molecule has 0 aliphatic carbocycles. The fraction of sp³-hybridized carbons (Fsp3) is 0.214. The van der Waals surface area contributed by atoms with Crippen LogP contribution in [-0.2, 0) is 6.54 Å². The highest BCUT2D eigenvalue weighted by Crippen LogP contribution is 2.37. The van der Waals surface area contributed by atoms with Gasteiger partial charge < -0.3 is 19.7 Å². The van der Waals surface area contributed by atoms with Gasteiger partial charge in [-0.25, -0.2) is 8.78 Å². The fourth-order valence-electron chi connectivity index (χ4n) is 4.77. The van der Waals surface area contributed by atoms with Crippen molar-refractivity contribution in [1.29, 1.82) is 0 Å². The van der Waals surface area contributed by atoms with Crippen molar-refractivity contribution in [3.63, 3.8) is 0 Å². The predicted octanol–water partition coefficient (Wildman–Crippen LogP) is 4.95. The van der Waals surface area contributed by atoms with E-state index in [4.69, 9.17) is 4.42 Å². The van der Waals surface area contributed by atoms with Gasteiger partial charge in [0.1, 0.15) is 28.4 Å². The zero-order chi connectivity index (χ0) is 26.3. The molecule has 0 spiro atoms. The van der Waals surface area contributed by atoms with Crippen LogP contribution in [0.4, 0.5) is 8.78 Å². The van der Waals surface area contributed by atoms with Gasteiger partial charge in [-0.2, -0.15) is 0 Å². The topological polar surface area (TPSA) is 111 Å². The van der Waals surface area contributed by atoms with E-state index in [1.807, 2.05) is 4.90 Å². The summed E-state index contributed by atoms with van der Waals surface area (Å²) < 4.78 is 33.7. The first-order valence-electron chi connectivity index (χ1n) is 11.7. The molecule has 0 bridgehead atoms. The summed E-state index contributed by atoms with van der Waals surface area (Å²) in [4.78, 5) is 27.6. The number of ketones is 1. The number of nitrogens with zero attached hydrogens (tertiary/aromatic N) is 1. The first-order chi connectivity index (χ1) is 17.7. The number of piperidine rings is 1. The van der Waals surface area contributed by atoms with E-state index >= 15 is 0 Å². The monoisotopic (exact) mass is 507 g/mol. The number of carbonyl (C=O) groups is 1. The number of phenols is 3. The Bertz CT molecular complexity index is 1560. The molecule has 0 radical (unpaired) electrons. The summed E-state index contributed by atoms with van der Waals surface area (Å²) in [5, 5.41) is 30.5. The Kier molecular flexibility index (Phi) is 6.39. The SMILES string of the molecule is O=C(c1cccc(F)c1F)C1CCN(Cc2c(O)cc(O)c3c(=O)cc(-c4ccc(O)cc4)oc23)CC1. The Hall–Kier alpha value is -4.24. The molecule has 2 heterocycles. The minimum atomic E-state index is -1.14. The molecule has 0 saturated carbocycles. The largest absolute Gasteiger partial charge is 0.508 e. The van der Waals surface area contributed by atoms with Gasteiger partial charge in [-0.05, 0) is 62.3 Å². The molecular formula is C28H23F2NO6. The summed E-state index contributed by atoms with van der Waals surface area (Å²) in [6.45, 7) is 1.02. The highest BCUT2D eigenvalue weighted by molar-refractivity contribution is 5.98. The molecule has 7 nitrogen and oxygen atoms in total. The predicted molar refractivity (Wildman–Crippen MR) is 132 cm³/mol. The Morgan fingerprint density at radius 2 is 1.68 bits per heavy atom. The smallest absolute Gasteiger partial charge is 0.197 e. The first kappa shape index (κ1) is 24.5. The zero-order valence-electron chi connectivity index (χ0n) is 19.6. The van der Waals surface area contributed by atoms with Crippen molar-refractivity contribution in [1.82, 2.24) is 4.90 Å². The number of halogens is 2. The number of carbonyl (C=O) groups excluding carboxylic acids is 1. The van der Waals surface area contributed by atoms with Crippen molar-refractivity contribution >= 4 is 16.8 Å². The average molecular weight is 507 g/mol. The van der Waals surface area contributed by atoms with E-state index < -0.39 is 34.5 Å². The van der Waals surface area contributed by atoms with E-state index in [0.717, 1.165) is 12.1 Å². The molecule has 1 aromatic heterocycles. The van der Waals surface area contributed by atoms with Crippen LogP contribution in [-0.4, -0.2) is 39.1 Å². The first-order valence-corrected chi connectivity index (χ1v) is 11.7. The van der Waals surface area contributed by atoms with Crippen LogP contribution < -0.4 is 5.43 Å². The molecule has 4 aromatic rings. The van der Waals surface area contributed by atoms with Crippen molar-refractivity contribution in [2.75, 3.05) is 13.1 Å². The van der Waals surface area contributed by atoms with Crippen molar-refractivity contribution in [3.8, 4) is 28.6 Å². The van der Waals surface area contributed by atoms with Crippen LogP contribution in [0.2, 0.25) is 0 Å². The number of phenolic OH excluding ortho intramolecular Hbond substituents is 3. The number of hydrogen-bond donors (Lipinski definition) is 3. The number of hydrogen-bond acceptors (Lipinski definition) is 7. The molecular weight excluding hydrogens is 484 g/mol. The van der Waals surface area contributed by atoms with Crippen LogP contribution in [0.25, 0.3) is 22.3 Å². The number of rotatable bonds is 5. The Balaban J connectivity index is 1.41. The molecule has 9 heteroatoms. The Labute approximate surface area is 209 Å². The summed E-state index contributed by atoms with van der Waals surface area (Å²) in [7, 11) is 0. The molecule has 1 aliphatic rings. The van der Waals surface area contributed by atoms with Gasteiger partial charge >= 0.3 is 0 Å². The minimum Gasteiger partial charge on any atom is -0.508 e. The highest BCUT2D eigenvalue weighted by Gasteiger charge is 2.29. The van der Waals surface area contributed by atoms with Crippen molar-refractivity contribution in [3.05, 3.63) is 87.6 Å². The number of Topliss-reactive ketones (excluding diaryl/α,β-unsaturated/α-hetero) is 1. The van der Waals surface area contributed by atoms with E-state index in [-0.39, 0.29) is 40.3 Å². The standard InChI is InChI=1S/C28H23F2NO6/c29-20-3-1-2-18(26(20)30)27(36)16-8-10-31(11-9-16)14-19-21(33)12-22(34)25-23(35)13-24(37-28(19)25)15-4-6-17(32)7-5-15/h1-7,12-13,16,32-34H,8-11,14H2. The highest BCUT2D eigenvalue weighted by atomic mass is 19.2. The van der Waals surface area contributed by atoms with E-state index in [9.17, 15) is 33.7 Å². The second kappa shape index (κ2) is 9.67. The molecule has 37 heavy (non-hydrogen) atoms. The van der Waals surface area contributed by atoms with Gasteiger partial charge in [0.25, 0.3) is 0 Å². The van der Waals surface area contributed by atoms with Gasteiger partial charge in [-0.3, -0.25) is 14.5 Å². The normalized spacial score (nSPS) is 14.8. The molecule has 3 aromatic carbocycles. The summed E-state index contributed by atoms with van der Waals surface area (Å²) >= 11 is 0. The maximum atomic E-state index is 14.1. The van der Waals surface area contributed by atoms with Gasteiger partial charge in [-0.15, -0.1) is 0 Å². The summed E-state index contributed by atoms with van der Waals surface area (Å²) in [6, 6.07) is 11.9. The van der Waals surface area contributed by atoms with E-state index in [0.29, 0.717) is 37.1 Å². The van der Waals surface area contributed by atoms with Crippen LogP contribution in [0.15, 0.2) is 63.8 Å². The van der Waals surface area contributed by atoms with Gasteiger partial charge in [-0.1, -0.05) is 6.07 Å². The summed E-state index contributed by atoms with van der Waals surface area (Å²) in [6.07, 6.45) is 0.794. The van der Waals surface area contributed by atoms with Gasteiger partial charge in [0.2, 0.25) is 0 Å². The molecule has 1 saturated heterocycles. The van der Waals surface area contributed by atoms with E-state index in [2.05, 4.69) is 0 Å². The van der Waals surface area contributed by atoms with Crippen molar-refractivity contribution < 1.29 is 33.3 Å². The van der Waals surface area contributed by atoms with Crippen LogP contribution in [0.3, 0.4) is 0 Å². The van der Waals surface area contributed by atoms with Gasteiger partial charge in [0.05, 0.1) is 11.1 Å². The molecule has 190 valence electrons. The third-order valence-electron chi connectivity index (χ3n) is 6.77. The zero-order valence-corrected chi connectivity index (χ0v) is 19.6. The third kappa shape index (κ3) is 4.65. The molecule has 0 amide bonds. The lowest BCUT2D eigenvalue weighted by atomic mass is 9.88. The average Bonchev–Trinajstić information content (AvgIpc) is 2.88. The van der Waals surface area contributed by atoms with E-state index in [1.165, 1.54) is 30.3 Å². The fourth-order valence-corrected chi connectivity index (χ4v) is 4.77. The molecule has 0 atom stereocenters. The number of aromatic hydroxyl groups is 3. The number of likely N-dealkylation sites (tertiary alicyclic amines) is 1. The Morgan fingerprint density at radius 1 is 0.973 bits per heavy atom. The molecule has 1 aliphatic heterocycles. The maximum absolute atomic E-state index is 14.1. The number of benzene rings is 3.